The normalized spacial score (nSPS) is 19.2. The largest absolute Gasteiger partial charge is 0.385 e. The molecule has 13 heavy (non-hydrogen) atoms. The molecule has 2 aromatic rings. The van der Waals surface area contributed by atoms with Gasteiger partial charge in [-0.15, -0.1) is 0 Å². The molecule has 0 aliphatic heterocycles. The van der Waals surface area contributed by atoms with E-state index >= 15 is 0 Å². The molecule has 3 nitrogen and oxygen atoms in total. The van der Waals surface area contributed by atoms with E-state index in [0.717, 1.165) is 29.3 Å². The van der Waals surface area contributed by atoms with Crippen molar-refractivity contribution in [2.45, 2.75) is 18.4 Å². The lowest BCUT2D eigenvalue weighted by Gasteiger charge is -2.07. The number of aromatic nitrogens is 2. The van der Waals surface area contributed by atoms with Crippen molar-refractivity contribution in [3.8, 4) is 0 Å². The molecule has 3 heteroatoms. The lowest BCUT2D eigenvalue weighted by molar-refractivity contribution is 0.153. The van der Waals surface area contributed by atoms with Gasteiger partial charge in [-0.3, -0.25) is 5.10 Å². The lowest BCUT2D eigenvalue weighted by Crippen LogP contribution is -2.04. The molecule has 1 aliphatic carbocycles. The third kappa shape index (κ3) is 0.906. The van der Waals surface area contributed by atoms with Gasteiger partial charge in [0.2, 0.25) is 0 Å². The van der Waals surface area contributed by atoms with Gasteiger partial charge in [0, 0.05) is 10.9 Å². The fraction of sp³-hybridized carbons (Fsp3) is 0.300. The van der Waals surface area contributed by atoms with E-state index in [0.29, 0.717) is 0 Å². The minimum Gasteiger partial charge on any atom is -0.385 e. The van der Waals surface area contributed by atoms with Gasteiger partial charge in [0.05, 0.1) is 17.3 Å². The summed E-state index contributed by atoms with van der Waals surface area (Å²) in [6.07, 6.45) is 3.51. The number of para-hydroxylation sites is 1. The minimum absolute atomic E-state index is 0.577. The zero-order valence-electron chi connectivity index (χ0n) is 7.12. The molecule has 66 valence electrons. The molecule has 1 aliphatic rings. The molecular weight excluding hydrogens is 164 g/mol. The van der Waals surface area contributed by atoms with E-state index in [9.17, 15) is 5.11 Å². The maximum absolute atomic E-state index is 9.97. The predicted octanol–water partition coefficient (Wildman–Crippen LogP) is 1.54. The van der Waals surface area contributed by atoms with Crippen molar-refractivity contribution in [2.24, 2.45) is 0 Å². The van der Waals surface area contributed by atoms with Crippen LogP contribution in [0.4, 0.5) is 0 Å². The molecule has 0 unspecified atom stereocenters. The summed E-state index contributed by atoms with van der Waals surface area (Å²) in [6, 6.07) is 5.92. The first-order valence-electron chi connectivity index (χ1n) is 4.45. The molecular formula is C10H10N2O. The average Bonchev–Trinajstić information content (AvgIpc) is 2.72. The molecule has 3 rings (SSSR count). The number of hydrogen-bond donors (Lipinski definition) is 2. The fourth-order valence-electron chi connectivity index (χ4n) is 1.74. The second-order valence-corrected chi connectivity index (χ2v) is 3.67. The summed E-state index contributed by atoms with van der Waals surface area (Å²) in [4.78, 5) is 0. The van der Waals surface area contributed by atoms with E-state index in [2.05, 4.69) is 10.2 Å². The highest BCUT2D eigenvalue weighted by atomic mass is 16.3. The lowest BCUT2D eigenvalue weighted by atomic mass is 10.1. The first kappa shape index (κ1) is 7.09. The van der Waals surface area contributed by atoms with Crippen molar-refractivity contribution in [3.05, 3.63) is 30.0 Å². The van der Waals surface area contributed by atoms with Gasteiger partial charge >= 0.3 is 0 Å². The summed E-state index contributed by atoms with van der Waals surface area (Å²) in [5, 5.41) is 17.9. The standard InChI is InChI=1S/C10H10N2O/c13-10(4-5-10)8-3-1-2-7-6-11-12-9(7)8/h1-3,6,13H,4-5H2,(H,11,12). The quantitative estimate of drug-likeness (QED) is 0.689. The van der Waals surface area contributed by atoms with Crippen LogP contribution in [-0.2, 0) is 5.60 Å². The molecule has 1 fully saturated rings. The monoisotopic (exact) mass is 174 g/mol. The maximum Gasteiger partial charge on any atom is 0.0919 e. The highest BCUT2D eigenvalue weighted by molar-refractivity contribution is 5.82. The molecule has 0 atom stereocenters. The first-order chi connectivity index (χ1) is 6.30. The summed E-state index contributed by atoms with van der Waals surface area (Å²) < 4.78 is 0. The van der Waals surface area contributed by atoms with Crippen LogP contribution in [0.2, 0.25) is 0 Å². The minimum atomic E-state index is -0.577. The Morgan fingerprint density at radius 2 is 2.23 bits per heavy atom. The van der Waals surface area contributed by atoms with E-state index in [-0.39, 0.29) is 0 Å². The highest BCUT2D eigenvalue weighted by Crippen LogP contribution is 2.47. The van der Waals surface area contributed by atoms with Crippen LogP contribution in [-0.4, -0.2) is 15.3 Å². The topological polar surface area (TPSA) is 48.9 Å². The Hall–Kier alpha value is -1.35. The third-order valence-corrected chi connectivity index (χ3v) is 2.70. The van der Waals surface area contributed by atoms with E-state index < -0.39 is 5.60 Å². The van der Waals surface area contributed by atoms with Gasteiger partial charge in [-0.1, -0.05) is 18.2 Å². The Morgan fingerprint density at radius 3 is 3.00 bits per heavy atom. The van der Waals surface area contributed by atoms with Gasteiger partial charge in [0.15, 0.2) is 0 Å². The molecule has 0 radical (unpaired) electrons. The number of benzene rings is 1. The Morgan fingerprint density at radius 1 is 1.38 bits per heavy atom. The number of H-pyrrole nitrogens is 1. The predicted molar refractivity (Wildman–Crippen MR) is 49.2 cm³/mol. The number of fused-ring (bicyclic) bond motifs is 1. The van der Waals surface area contributed by atoms with Crippen LogP contribution < -0.4 is 0 Å². The second-order valence-electron chi connectivity index (χ2n) is 3.67. The smallest absolute Gasteiger partial charge is 0.0919 e. The van der Waals surface area contributed by atoms with Crippen molar-refractivity contribution >= 4 is 10.9 Å². The van der Waals surface area contributed by atoms with Gasteiger partial charge in [-0.25, -0.2) is 0 Å². The number of nitrogens with one attached hydrogen (secondary N) is 1. The van der Waals surface area contributed by atoms with Crippen molar-refractivity contribution in [1.82, 2.24) is 10.2 Å². The molecule has 1 saturated carbocycles. The molecule has 0 spiro atoms. The van der Waals surface area contributed by atoms with Gasteiger partial charge in [-0.2, -0.15) is 5.10 Å². The Labute approximate surface area is 75.4 Å². The van der Waals surface area contributed by atoms with Crippen LogP contribution >= 0.6 is 0 Å². The molecule has 0 bridgehead atoms. The van der Waals surface area contributed by atoms with E-state index in [1.807, 2.05) is 18.2 Å². The van der Waals surface area contributed by atoms with Crippen LogP contribution in [0.25, 0.3) is 10.9 Å². The number of aromatic amines is 1. The number of rotatable bonds is 1. The van der Waals surface area contributed by atoms with Gasteiger partial charge in [-0.05, 0) is 12.8 Å². The van der Waals surface area contributed by atoms with Gasteiger partial charge < -0.3 is 5.11 Å². The van der Waals surface area contributed by atoms with Gasteiger partial charge in [0.1, 0.15) is 0 Å². The summed E-state index contributed by atoms with van der Waals surface area (Å²) >= 11 is 0. The highest BCUT2D eigenvalue weighted by Gasteiger charge is 2.43. The van der Waals surface area contributed by atoms with Crippen molar-refractivity contribution in [1.29, 1.82) is 0 Å². The van der Waals surface area contributed by atoms with E-state index in [1.165, 1.54) is 0 Å². The zero-order valence-corrected chi connectivity index (χ0v) is 7.12. The summed E-state index contributed by atoms with van der Waals surface area (Å²) in [6.45, 7) is 0. The molecule has 1 aromatic heterocycles. The Bertz CT molecular complexity index is 457. The van der Waals surface area contributed by atoms with Crippen molar-refractivity contribution in [2.75, 3.05) is 0 Å². The molecule has 1 heterocycles. The Balaban J connectivity index is 2.33. The molecule has 0 amide bonds. The Kier molecular flexibility index (Phi) is 1.15. The van der Waals surface area contributed by atoms with Crippen molar-refractivity contribution in [3.63, 3.8) is 0 Å². The molecule has 1 aromatic carbocycles. The first-order valence-corrected chi connectivity index (χ1v) is 4.45. The SMILES string of the molecule is OC1(c2cccc3cn[nH]c23)CC1. The number of nitrogens with zero attached hydrogens (tertiary/aromatic N) is 1. The number of aliphatic hydroxyl groups is 1. The van der Waals surface area contributed by atoms with Gasteiger partial charge in [0.25, 0.3) is 0 Å². The summed E-state index contributed by atoms with van der Waals surface area (Å²) in [7, 11) is 0. The van der Waals surface area contributed by atoms with Crippen LogP contribution in [0.1, 0.15) is 18.4 Å². The molecule has 0 saturated heterocycles. The van der Waals surface area contributed by atoms with Crippen LogP contribution in [0.15, 0.2) is 24.4 Å². The number of hydrogen-bond acceptors (Lipinski definition) is 2. The van der Waals surface area contributed by atoms with E-state index in [1.54, 1.807) is 6.20 Å². The average molecular weight is 174 g/mol. The maximum atomic E-state index is 9.97. The summed E-state index contributed by atoms with van der Waals surface area (Å²) in [5.74, 6) is 0. The second kappa shape index (κ2) is 2.12. The molecule has 2 N–H and O–H groups in total. The van der Waals surface area contributed by atoms with Crippen LogP contribution in [0.3, 0.4) is 0 Å². The fourth-order valence-corrected chi connectivity index (χ4v) is 1.74. The summed E-state index contributed by atoms with van der Waals surface area (Å²) in [5.41, 5.74) is 1.39. The third-order valence-electron chi connectivity index (χ3n) is 2.70. The van der Waals surface area contributed by atoms with Crippen LogP contribution in [0.5, 0.6) is 0 Å². The van der Waals surface area contributed by atoms with Crippen LogP contribution in [0, 0.1) is 0 Å². The zero-order chi connectivity index (χ0) is 8.89. The van der Waals surface area contributed by atoms with Crippen molar-refractivity contribution < 1.29 is 5.11 Å². The van der Waals surface area contributed by atoms with E-state index in [4.69, 9.17) is 0 Å².